The quantitative estimate of drug-likeness (QED) is 0.411. The first-order valence-electron chi connectivity index (χ1n) is 9.65. The van der Waals surface area contributed by atoms with Crippen molar-refractivity contribution in [3.63, 3.8) is 0 Å². The molecule has 3 aromatic rings. The Morgan fingerprint density at radius 1 is 1.30 bits per heavy atom. The molecule has 3 rings (SSSR count). The van der Waals surface area contributed by atoms with E-state index in [1.165, 1.54) is 0 Å². The van der Waals surface area contributed by atoms with Gasteiger partial charge < -0.3 is 4.57 Å². The van der Waals surface area contributed by atoms with Gasteiger partial charge in [-0.05, 0) is 55.7 Å². The number of aromatic nitrogens is 4. The summed E-state index contributed by atoms with van der Waals surface area (Å²) in [5.74, 6) is -0.367. The number of hydrogen-bond acceptors (Lipinski definition) is 4. The summed E-state index contributed by atoms with van der Waals surface area (Å²) in [5.41, 5.74) is 4.07. The molecule has 0 unspecified atom stereocenters. The van der Waals surface area contributed by atoms with Crippen molar-refractivity contribution in [1.29, 1.82) is 5.26 Å². The SMILES string of the molecule is CCCn1c(C)cc(/C=C(\C#N)C(=O)Nc2ncn(Cc3ccc(Br)cc3)n2)c1C. The lowest BCUT2D eigenvalue weighted by Gasteiger charge is -2.07. The maximum atomic E-state index is 12.6. The minimum Gasteiger partial charge on any atom is -0.349 e. The molecule has 2 heterocycles. The molecule has 8 heteroatoms. The third-order valence-electron chi connectivity index (χ3n) is 4.74. The van der Waals surface area contributed by atoms with Gasteiger partial charge >= 0.3 is 0 Å². The second kappa shape index (κ2) is 9.55. The van der Waals surface area contributed by atoms with Crippen molar-refractivity contribution in [3.05, 3.63) is 69.2 Å². The number of nitrogens with zero attached hydrogens (tertiary/aromatic N) is 5. The molecule has 0 saturated heterocycles. The molecule has 2 aromatic heterocycles. The van der Waals surface area contributed by atoms with Crippen LogP contribution < -0.4 is 5.32 Å². The van der Waals surface area contributed by atoms with E-state index in [4.69, 9.17) is 0 Å². The Bertz CT molecular complexity index is 1120. The number of aryl methyl sites for hydroxylation is 1. The molecule has 0 radical (unpaired) electrons. The number of carbonyl (C=O) groups excluding carboxylic acids is 1. The second-order valence-electron chi connectivity index (χ2n) is 6.99. The lowest BCUT2D eigenvalue weighted by Crippen LogP contribution is -2.15. The van der Waals surface area contributed by atoms with Gasteiger partial charge in [0.15, 0.2) is 0 Å². The largest absolute Gasteiger partial charge is 0.349 e. The van der Waals surface area contributed by atoms with Crippen molar-refractivity contribution in [2.75, 3.05) is 5.32 Å². The van der Waals surface area contributed by atoms with Crippen molar-refractivity contribution in [2.45, 2.75) is 40.3 Å². The van der Waals surface area contributed by atoms with Crippen molar-refractivity contribution in [1.82, 2.24) is 19.3 Å². The predicted molar refractivity (Wildman–Crippen MR) is 120 cm³/mol. The maximum Gasteiger partial charge on any atom is 0.268 e. The Balaban J connectivity index is 1.72. The topological polar surface area (TPSA) is 88.5 Å². The van der Waals surface area contributed by atoms with Crippen molar-refractivity contribution in [2.24, 2.45) is 0 Å². The Morgan fingerprint density at radius 3 is 2.70 bits per heavy atom. The molecule has 7 nitrogen and oxygen atoms in total. The van der Waals surface area contributed by atoms with E-state index in [0.717, 1.165) is 40.0 Å². The van der Waals surface area contributed by atoms with E-state index in [1.807, 2.05) is 50.2 Å². The molecule has 0 atom stereocenters. The van der Waals surface area contributed by atoms with Gasteiger partial charge in [-0.1, -0.05) is 35.0 Å². The van der Waals surface area contributed by atoms with Crippen LogP contribution in [0.2, 0.25) is 0 Å². The number of carbonyl (C=O) groups is 1. The zero-order chi connectivity index (χ0) is 21.7. The number of benzene rings is 1. The highest BCUT2D eigenvalue weighted by atomic mass is 79.9. The standard InChI is InChI=1S/C22H23BrN6O/c1-4-9-29-15(2)10-18(16(29)3)11-19(12-24)21(30)26-22-25-14-28(27-22)13-17-5-7-20(23)8-6-17/h5-8,10-11,14H,4,9,13H2,1-3H3,(H,26,27,30)/b19-11+. The Morgan fingerprint density at radius 2 is 2.03 bits per heavy atom. The molecular formula is C22H23BrN6O. The summed E-state index contributed by atoms with van der Waals surface area (Å²) in [4.78, 5) is 16.7. The van der Waals surface area contributed by atoms with Crippen LogP contribution in [-0.4, -0.2) is 25.2 Å². The smallest absolute Gasteiger partial charge is 0.268 e. The molecule has 0 bridgehead atoms. The highest BCUT2D eigenvalue weighted by molar-refractivity contribution is 9.10. The van der Waals surface area contributed by atoms with E-state index < -0.39 is 5.91 Å². The van der Waals surface area contributed by atoms with Crippen LogP contribution in [0.4, 0.5) is 5.95 Å². The highest BCUT2D eigenvalue weighted by Crippen LogP contribution is 2.19. The highest BCUT2D eigenvalue weighted by Gasteiger charge is 2.14. The second-order valence-corrected chi connectivity index (χ2v) is 7.91. The van der Waals surface area contributed by atoms with E-state index in [9.17, 15) is 10.1 Å². The summed E-state index contributed by atoms with van der Waals surface area (Å²) < 4.78 is 4.82. The summed E-state index contributed by atoms with van der Waals surface area (Å²) in [5, 5.41) is 16.4. The first-order valence-corrected chi connectivity index (χ1v) is 10.4. The lowest BCUT2D eigenvalue weighted by atomic mass is 10.1. The summed E-state index contributed by atoms with van der Waals surface area (Å²) in [6, 6.07) is 11.8. The van der Waals surface area contributed by atoms with E-state index >= 15 is 0 Å². The minimum atomic E-state index is -0.529. The van der Waals surface area contributed by atoms with Crippen LogP contribution >= 0.6 is 15.9 Å². The van der Waals surface area contributed by atoms with Gasteiger partial charge in [0.2, 0.25) is 5.95 Å². The third kappa shape index (κ3) is 5.05. The van der Waals surface area contributed by atoms with Crippen LogP contribution in [0.3, 0.4) is 0 Å². The number of halogens is 1. The minimum absolute atomic E-state index is 0.0102. The Hall–Kier alpha value is -3.18. The van der Waals surface area contributed by atoms with Gasteiger partial charge in [-0.2, -0.15) is 5.26 Å². The molecule has 0 saturated carbocycles. The molecule has 154 valence electrons. The molecule has 1 amide bonds. The number of nitriles is 1. The first kappa shape index (κ1) is 21.5. The summed E-state index contributed by atoms with van der Waals surface area (Å²) >= 11 is 3.41. The van der Waals surface area contributed by atoms with Crippen LogP contribution in [0.1, 0.15) is 35.9 Å². The molecule has 0 aliphatic heterocycles. The lowest BCUT2D eigenvalue weighted by molar-refractivity contribution is -0.112. The Labute approximate surface area is 184 Å². The summed E-state index contributed by atoms with van der Waals surface area (Å²) in [6.45, 7) is 7.56. The molecular weight excluding hydrogens is 444 g/mol. The fraction of sp³-hybridized carbons (Fsp3) is 0.273. The van der Waals surface area contributed by atoms with Gasteiger partial charge in [-0.25, -0.2) is 9.67 Å². The van der Waals surface area contributed by atoms with Crippen molar-refractivity contribution in [3.8, 4) is 6.07 Å². The number of hydrogen-bond donors (Lipinski definition) is 1. The summed E-state index contributed by atoms with van der Waals surface area (Å²) in [7, 11) is 0. The predicted octanol–water partition coefficient (Wildman–Crippen LogP) is 4.46. The van der Waals surface area contributed by atoms with E-state index in [2.05, 4.69) is 42.8 Å². The molecule has 0 aliphatic rings. The van der Waals surface area contributed by atoms with Gasteiger partial charge in [-0.15, -0.1) is 5.10 Å². The molecule has 1 N–H and O–H groups in total. The van der Waals surface area contributed by atoms with Gasteiger partial charge in [0, 0.05) is 22.4 Å². The normalized spacial score (nSPS) is 11.4. The number of rotatable bonds is 7. The van der Waals surface area contributed by atoms with Crippen LogP contribution in [0, 0.1) is 25.2 Å². The van der Waals surface area contributed by atoms with E-state index in [0.29, 0.717) is 6.54 Å². The fourth-order valence-corrected chi connectivity index (χ4v) is 3.48. The molecule has 0 aliphatic carbocycles. The average Bonchev–Trinajstić information content (AvgIpc) is 3.26. The molecule has 30 heavy (non-hydrogen) atoms. The first-order chi connectivity index (χ1) is 14.4. The van der Waals surface area contributed by atoms with Gasteiger partial charge in [-0.3, -0.25) is 10.1 Å². The van der Waals surface area contributed by atoms with Crippen LogP contribution in [0.5, 0.6) is 0 Å². The molecule has 0 fully saturated rings. The zero-order valence-electron chi connectivity index (χ0n) is 17.2. The number of anilines is 1. The van der Waals surface area contributed by atoms with Crippen LogP contribution in [0.25, 0.3) is 6.08 Å². The van der Waals surface area contributed by atoms with Gasteiger partial charge in [0.25, 0.3) is 5.91 Å². The van der Waals surface area contributed by atoms with Crippen LogP contribution in [0.15, 0.2) is 46.7 Å². The van der Waals surface area contributed by atoms with Crippen molar-refractivity contribution >= 4 is 33.9 Å². The Kier molecular flexibility index (Phi) is 6.85. The maximum absolute atomic E-state index is 12.6. The fourth-order valence-electron chi connectivity index (χ4n) is 3.22. The monoisotopic (exact) mass is 466 g/mol. The molecule has 0 spiro atoms. The number of nitrogens with one attached hydrogen (secondary N) is 1. The number of amides is 1. The molecule has 1 aromatic carbocycles. The van der Waals surface area contributed by atoms with Crippen molar-refractivity contribution < 1.29 is 4.79 Å². The van der Waals surface area contributed by atoms with E-state index in [1.54, 1.807) is 17.1 Å². The zero-order valence-corrected chi connectivity index (χ0v) is 18.8. The van der Waals surface area contributed by atoms with Gasteiger partial charge in [0.1, 0.15) is 18.0 Å². The van der Waals surface area contributed by atoms with Crippen LogP contribution in [-0.2, 0) is 17.9 Å². The van der Waals surface area contributed by atoms with Gasteiger partial charge in [0.05, 0.1) is 6.54 Å². The van der Waals surface area contributed by atoms with E-state index in [-0.39, 0.29) is 11.5 Å². The summed E-state index contributed by atoms with van der Waals surface area (Å²) in [6.07, 6.45) is 4.17. The average molecular weight is 467 g/mol. The third-order valence-corrected chi connectivity index (χ3v) is 5.27.